The van der Waals surface area contributed by atoms with Crippen LogP contribution in [-0.2, 0) is 47.9 Å². The smallest absolute Gasteiger partial charge is 0.242 e. The third kappa shape index (κ3) is 27.4. The molecule has 10 atom stereocenters. The molecule has 0 aromatic rings. The topological polar surface area (TPSA) is 319 Å². The Kier molecular flexibility index (Phi) is 35.7. The number of aliphatic hydroxyl groups excluding tert-OH is 4. The van der Waals surface area contributed by atoms with Gasteiger partial charge in [0.25, 0.3) is 0 Å². The fraction of sp³-hybridized carbons (Fsp3) is 0.821. The van der Waals surface area contributed by atoms with Gasteiger partial charge in [-0.1, -0.05) is 41.5 Å². The van der Waals surface area contributed by atoms with E-state index in [-0.39, 0.29) is 69.8 Å². The van der Waals surface area contributed by atoms with E-state index in [0.29, 0.717) is 32.1 Å². The Morgan fingerprint density at radius 2 is 0.531 bits per heavy atom. The standard InChI is InChI=1S/C56H105N11O14/c1-17-37(7)58-23-48(73)64(39(9)19-3)33-51(76)59(24-43(13)68)29-49(74)62(27-46(16)71)32-54(79)67(42(12)22-6)36-56(81)65(40(10)20-4)34-52(77)60(25-44(14)69)30-50(75)61(26-45(15)70)31-53(78)66(41(11)21-5)35-55(80)63(28-47(57)72)38(8)18-2/h37-46,58,68-71H,17-36H2,1-16H3,(H2,57,72)/t37-,38-,39-,40-,41-,42-,43+,44+,45+,46+/m0/s1. The van der Waals surface area contributed by atoms with Gasteiger partial charge in [0.1, 0.15) is 26.2 Å². The first-order valence-electron chi connectivity index (χ1n) is 29.1. The van der Waals surface area contributed by atoms with Gasteiger partial charge in [0.05, 0.1) is 63.7 Å². The highest BCUT2D eigenvalue weighted by molar-refractivity contribution is 5.94. The molecule has 10 amide bonds. The number of primary amides is 1. The molecule has 0 saturated carbocycles. The van der Waals surface area contributed by atoms with E-state index in [2.05, 4.69) is 5.32 Å². The Bertz CT molecular complexity index is 2010. The maximum Gasteiger partial charge on any atom is 0.242 e. The molecule has 0 radical (unpaired) electrons. The lowest BCUT2D eigenvalue weighted by molar-refractivity contribution is -0.152. The maximum absolute atomic E-state index is 14.5. The number of carbonyl (C=O) groups excluding carboxylic acids is 10. The summed E-state index contributed by atoms with van der Waals surface area (Å²) in [5.74, 6) is -6.53. The molecule has 0 aliphatic carbocycles. The van der Waals surface area contributed by atoms with Crippen LogP contribution in [0.15, 0.2) is 0 Å². The van der Waals surface area contributed by atoms with Crippen molar-refractivity contribution in [3.8, 4) is 0 Å². The van der Waals surface area contributed by atoms with Gasteiger partial charge >= 0.3 is 0 Å². The van der Waals surface area contributed by atoms with Gasteiger partial charge in [-0.3, -0.25) is 47.9 Å². The minimum Gasteiger partial charge on any atom is -0.392 e. The van der Waals surface area contributed by atoms with Gasteiger partial charge in [-0.15, -0.1) is 0 Å². The molecular formula is C56H105N11O14. The van der Waals surface area contributed by atoms with E-state index in [1.807, 2.05) is 27.7 Å². The van der Waals surface area contributed by atoms with Crippen LogP contribution in [0.4, 0.5) is 0 Å². The minimum absolute atomic E-state index is 0.0168. The Labute approximate surface area is 482 Å². The maximum atomic E-state index is 14.5. The van der Waals surface area contributed by atoms with Crippen molar-refractivity contribution in [2.45, 2.75) is 210 Å². The Morgan fingerprint density at radius 1 is 0.321 bits per heavy atom. The molecule has 0 heterocycles. The molecule has 0 unspecified atom stereocenters. The average Bonchev–Trinajstić information content (AvgIpc) is 3.39. The molecule has 0 spiro atoms. The van der Waals surface area contributed by atoms with Gasteiger partial charge in [0.15, 0.2) is 0 Å². The Hall–Kier alpha value is -5.50. The molecule has 0 rings (SSSR count). The monoisotopic (exact) mass is 1160 g/mol. The molecule has 25 heteroatoms. The first-order valence-corrected chi connectivity index (χ1v) is 29.1. The van der Waals surface area contributed by atoms with E-state index < -0.39 is 142 Å². The molecule has 0 aliphatic rings. The van der Waals surface area contributed by atoms with Crippen LogP contribution in [0, 0.1) is 0 Å². The van der Waals surface area contributed by atoms with Gasteiger partial charge < -0.3 is 75.6 Å². The van der Waals surface area contributed by atoms with E-state index in [1.54, 1.807) is 55.4 Å². The van der Waals surface area contributed by atoms with Crippen LogP contribution in [0.5, 0.6) is 0 Å². The molecule has 0 saturated heterocycles. The molecule has 7 N–H and O–H groups in total. The van der Waals surface area contributed by atoms with Crippen molar-refractivity contribution in [3.63, 3.8) is 0 Å². The second-order valence-electron chi connectivity index (χ2n) is 22.0. The number of aliphatic hydroxyl groups is 4. The summed E-state index contributed by atoms with van der Waals surface area (Å²) in [5.41, 5.74) is 5.44. The lowest BCUT2D eigenvalue weighted by Gasteiger charge is -2.36. The van der Waals surface area contributed by atoms with E-state index in [4.69, 9.17) is 5.73 Å². The molecule has 0 aromatic heterocycles. The second kappa shape index (κ2) is 38.3. The lowest BCUT2D eigenvalue weighted by Crippen LogP contribution is -2.56. The first-order chi connectivity index (χ1) is 37.7. The third-order valence-corrected chi connectivity index (χ3v) is 14.6. The predicted octanol–water partition coefficient (Wildman–Crippen LogP) is -0.167. The van der Waals surface area contributed by atoms with Gasteiger partial charge in [-0.05, 0) is 108 Å². The van der Waals surface area contributed by atoms with Crippen molar-refractivity contribution in [1.82, 2.24) is 49.4 Å². The number of rotatable bonds is 40. The summed E-state index contributed by atoms with van der Waals surface area (Å²) in [5, 5.41) is 45.2. The summed E-state index contributed by atoms with van der Waals surface area (Å²) in [6, 6.07) is -2.37. The van der Waals surface area contributed by atoms with Crippen LogP contribution in [0.25, 0.3) is 0 Å². The highest BCUT2D eigenvalue weighted by atomic mass is 16.3. The third-order valence-electron chi connectivity index (χ3n) is 14.6. The van der Waals surface area contributed by atoms with Crippen molar-refractivity contribution >= 4 is 59.1 Å². The van der Waals surface area contributed by atoms with Gasteiger partial charge in [0.2, 0.25) is 59.1 Å². The summed E-state index contributed by atoms with van der Waals surface area (Å²) in [7, 11) is 0. The summed E-state index contributed by atoms with van der Waals surface area (Å²) in [6.07, 6.45) is -1.60. The normalized spacial score (nSPS) is 15.0. The van der Waals surface area contributed by atoms with Crippen LogP contribution < -0.4 is 11.1 Å². The summed E-state index contributed by atoms with van der Waals surface area (Å²) < 4.78 is 0. The summed E-state index contributed by atoms with van der Waals surface area (Å²) in [6.45, 7) is 21.0. The second-order valence-corrected chi connectivity index (χ2v) is 22.0. The molecule has 0 fully saturated rings. The zero-order valence-corrected chi connectivity index (χ0v) is 51.9. The zero-order chi connectivity index (χ0) is 62.6. The SMILES string of the molecule is CC[C@H](C)NCC(=O)N(CC(=O)N(CC(=O)N(CC(=O)N(CC(=O)N(CC(=O)N(CC(=O)N(CC(=O)N(CC(=O)N(CC(N)=O)[C@@H](C)CC)[C@@H](C)CC)C[C@@H](C)O)C[C@@H](C)O)[C@@H](C)CC)[C@@H](C)CC)C[C@@H](C)O)C[C@@H](C)O)[C@@H](C)CC. The molecular weight excluding hydrogens is 1050 g/mol. The number of carbonyl (C=O) groups is 10. The number of amides is 10. The quantitative estimate of drug-likeness (QED) is 0.0464. The van der Waals surface area contributed by atoms with Crippen molar-refractivity contribution in [2.24, 2.45) is 5.73 Å². The Balaban J connectivity index is 6.88. The van der Waals surface area contributed by atoms with Crippen molar-refractivity contribution in [2.75, 3.05) is 91.6 Å². The highest BCUT2D eigenvalue weighted by Gasteiger charge is 2.35. The largest absolute Gasteiger partial charge is 0.392 e. The van der Waals surface area contributed by atoms with Gasteiger partial charge in [0, 0.05) is 62.4 Å². The molecule has 0 aliphatic heterocycles. The van der Waals surface area contributed by atoms with Crippen LogP contribution in [0.2, 0.25) is 0 Å². The molecule has 468 valence electrons. The van der Waals surface area contributed by atoms with Crippen LogP contribution in [0.1, 0.15) is 149 Å². The van der Waals surface area contributed by atoms with Crippen LogP contribution in [0.3, 0.4) is 0 Å². The van der Waals surface area contributed by atoms with Crippen LogP contribution in [-0.4, -0.2) is 276 Å². The van der Waals surface area contributed by atoms with E-state index in [1.165, 1.54) is 52.2 Å². The number of nitrogens with zero attached hydrogens (tertiary/aromatic N) is 9. The summed E-state index contributed by atoms with van der Waals surface area (Å²) >= 11 is 0. The first kappa shape index (κ1) is 75.5. The number of nitrogens with two attached hydrogens (primary N) is 1. The number of hydrogen-bond donors (Lipinski definition) is 6. The van der Waals surface area contributed by atoms with Gasteiger partial charge in [-0.25, -0.2) is 0 Å². The molecule has 25 nitrogen and oxygen atoms in total. The zero-order valence-electron chi connectivity index (χ0n) is 51.9. The number of hydrogen-bond acceptors (Lipinski definition) is 15. The summed E-state index contributed by atoms with van der Waals surface area (Å²) in [4.78, 5) is 149. The van der Waals surface area contributed by atoms with Crippen molar-refractivity contribution in [1.29, 1.82) is 0 Å². The fourth-order valence-corrected chi connectivity index (χ4v) is 8.52. The van der Waals surface area contributed by atoms with E-state index >= 15 is 0 Å². The van der Waals surface area contributed by atoms with Gasteiger partial charge in [-0.2, -0.15) is 0 Å². The highest BCUT2D eigenvalue weighted by Crippen LogP contribution is 2.15. The molecule has 81 heavy (non-hydrogen) atoms. The number of nitrogens with one attached hydrogen (secondary N) is 1. The molecule has 0 bridgehead atoms. The minimum atomic E-state index is -1.17. The van der Waals surface area contributed by atoms with Crippen LogP contribution >= 0.6 is 0 Å². The lowest BCUT2D eigenvalue weighted by atomic mass is 10.1. The average molecular weight is 1160 g/mol. The van der Waals surface area contributed by atoms with Crippen molar-refractivity contribution < 1.29 is 68.4 Å². The Morgan fingerprint density at radius 3 is 0.765 bits per heavy atom. The van der Waals surface area contributed by atoms with E-state index in [0.717, 1.165) is 26.0 Å². The van der Waals surface area contributed by atoms with E-state index in [9.17, 15) is 68.4 Å². The fourth-order valence-electron chi connectivity index (χ4n) is 8.52. The molecule has 0 aromatic carbocycles. The predicted molar refractivity (Wildman–Crippen MR) is 307 cm³/mol. The van der Waals surface area contributed by atoms with Crippen molar-refractivity contribution in [3.05, 3.63) is 0 Å².